The van der Waals surface area contributed by atoms with Crippen LogP contribution in [0.25, 0.3) is 10.6 Å². The maximum absolute atomic E-state index is 13.5. The predicted molar refractivity (Wildman–Crippen MR) is 203 cm³/mol. The molecule has 1 heterocycles. The SMILES string of the molecule is COC(=O)C(CO[Si](c1ccccc1)(c1ccccc1)C(C)(C)C)NC(=O)C(CO)NC(=O)c1cnc(-c2ccc(NC(=O)OC(C)(C)C)cc2)s1. The van der Waals surface area contributed by atoms with Gasteiger partial charge in [0.2, 0.25) is 5.91 Å². The zero-order valence-corrected chi connectivity index (χ0v) is 32.2. The van der Waals surface area contributed by atoms with E-state index in [0.717, 1.165) is 21.7 Å². The summed E-state index contributed by atoms with van der Waals surface area (Å²) in [5, 5.41) is 20.0. The van der Waals surface area contributed by atoms with Crippen LogP contribution in [0.4, 0.5) is 10.5 Å². The number of anilines is 1. The van der Waals surface area contributed by atoms with E-state index in [-0.39, 0.29) is 11.5 Å². The molecule has 0 aliphatic rings. The first-order chi connectivity index (χ1) is 24.6. The summed E-state index contributed by atoms with van der Waals surface area (Å²) in [5.41, 5.74) is 0.573. The summed E-state index contributed by atoms with van der Waals surface area (Å²) < 4.78 is 17.1. The number of carbonyl (C=O) groups is 4. The highest BCUT2D eigenvalue weighted by atomic mass is 32.1. The van der Waals surface area contributed by atoms with Gasteiger partial charge in [-0.2, -0.15) is 0 Å². The van der Waals surface area contributed by atoms with Crippen LogP contribution < -0.4 is 26.3 Å². The minimum atomic E-state index is -3.08. The van der Waals surface area contributed by atoms with Gasteiger partial charge in [0.25, 0.3) is 14.2 Å². The number of aliphatic hydroxyl groups excluding tert-OH is 1. The Morgan fingerprint density at radius 3 is 1.90 bits per heavy atom. The van der Waals surface area contributed by atoms with Crippen LogP contribution >= 0.6 is 11.3 Å². The number of hydrogen-bond acceptors (Lipinski definition) is 10. The molecule has 52 heavy (non-hydrogen) atoms. The van der Waals surface area contributed by atoms with E-state index in [4.69, 9.17) is 13.9 Å². The van der Waals surface area contributed by atoms with Crippen molar-refractivity contribution in [1.82, 2.24) is 15.6 Å². The predicted octanol–water partition coefficient (Wildman–Crippen LogP) is 4.48. The van der Waals surface area contributed by atoms with E-state index in [0.29, 0.717) is 16.3 Å². The molecule has 276 valence electrons. The number of benzene rings is 3. The van der Waals surface area contributed by atoms with Crippen molar-refractivity contribution in [3.63, 3.8) is 0 Å². The first kappa shape index (κ1) is 39.9. The molecule has 0 saturated heterocycles. The van der Waals surface area contributed by atoms with Gasteiger partial charge in [0.15, 0.2) is 0 Å². The monoisotopic (exact) mass is 746 g/mol. The molecule has 4 aromatic rings. The van der Waals surface area contributed by atoms with Gasteiger partial charge in [0.05, 0.1) is 26.5 Å². The lowest BCUT2D eigenvalue weighted by Gasteiger charge is -2.43. The van der Waals surface area contributed by atoms with Crippen molar-refractivity contribution in [2.24, 2.45) is 0 Å². The molecule has 0 radical (unpaired) electrons. The fraction of sp³-hybridized carbons (Fsp3) is 0.342. The van der Waals surface area contributed by atoms with Gasteiger partial charge >= 0.3 is 12.1 Å². The molecule has 1 aromatic heterocycles. The summed E-state index contributed by atoms with van der Waals surface area (Å²) in [6.45, 7) is 10.6. The highest BCUT2D eigenvalue weighted by Crippen LogP contribution is 2.37. The Bertz CT molecular complexity index is 1780. The fourth-order valence-corrected chi connectivity index (χ4v) is 11.0. The summed E-state index contributed by atoms with van der Waals surface area (Å²) in [6, 6.07) is 23.9. The largest absolute Gasteiger partial charge is 0.467 e. The molecule has 3 aromatic carbocycles. The van der Waals surface area contributed by atoms with E-state index in [9.17, 15) is 24.3 Å². The Kier molecular flexibility index (Phi) is 13.1. The lowest BCUT2D eigenvalue weighted by Crippen LogP contribution is -2.68. The molecule has 0 aliphatic carbocycles. The number of nitrogens with one attached hydrogen (secondary N) is 3. The molecule has 4 rings (SSSR count). The number of methoxy groups -OCH3 is 1. The van der Waals surface area contributed by atoms with Gasteiger partial charge in [0.1, 0.15) is 27.6 Å². The van der Waals surface area contributed by atoms with E-state index in [1.807, 2.05) is 60.7 Å². The molecule has 2 atom stereocenters. The molecule has 3 amide bonds. The highest BCUT2D eigenvalue weighted by molar-refractivity contribution is 7.16. The quantitative estimate of drug-likeness (QED) is 0.114. The maximum Gasteiger partial charge on any atom is 0.412 e. The molecule has 14 heteroatoms. The van der Waals surface area contributed by atoms with Crippen LogP contribution in [0.15, 0.2) is 91.1 Å². The number of hydrogen-bond donors (Lipinski definition) is 4. The van der Waals surface area contributed by atoms with Gasteiger partial charge < -0.3 is 29.6 Å². The minimum absolute atomic E-state index is 0.191. The second-order valence-electron chi connectivity index (χ2n) is 14.0. The lowest BCUT2D eigenvalue weighted by atomic mass is 10.2. The van der Waals surface area contributed by atoms with Crippen molar-refractivity contribution < 1.29 is 38.2 Å². The van der Waals surface area contributed by atoms with Gasteiger partial charge in [-0.05, 0) is 60.4 Å². The lowest BCUT2D eigenvalue weighted by molar-refractivity contribution is -0.146. The second kappa shape index (κ2) is 17.1. The van der Waals surface area contributed by atoms with Gasteiger partial charge in [-0.15, -0.1) is 11.3 Å². The molecule has 0 spiro atoms. The van der Waals surface area contributed by atoms with Gasteiger partial charge in [-0.25, -0.2) is 14.6 Å². The van der Waals surface area contributed by atoms with Crippen LogP contribution in [-0.4, -0.2) is 80.3 Å². The Labute approximate surface area is 309 Å². The Hall–Kier alpha value is -4.89. The molecule has 4 N–H and O–H groups in total. The second-order valence-corrected chi connectivity index (χ2v) is 19.3. The van der Waals surface area contributed by atoms with E-state index >= 15 is 0 Å². The molecular weight excluding hydrogens is 701 g/mol. The first-order valence-corrected chi connectivity index (χ1v) is 19.4. The van der Waals surface area contributed by atoms with Gasteiger partial charge in [0, 0.05) is 11.3 Å². The van der Waals surface area contributed by atoms with E-state index in [1.165, 1.54) is 13.3 Å². The number of nitrogens with zero attached hydrogens (tertiary/aromatic N) is 1. The Morgan fingerprint density at radius 1 is 0.827 bits per heavy atom. The number of carbonyl (C=O) groups excluding carboxylic acids is 4. The smallest absolute Gasteiger partial charge is 0.412 e. The van der Waals surface area contributed by atoms with Crippen LogP contribution in [0.2, 0.25) is 5.04 Å². The van der Waals surface area contributed by atoms with E-state index in [2.05, 4.69) is 41.7 Å². The van der Waals surface area contributed by atoms with E-state index < -0.39 is 61.5 Å². The number of ether oxygens (including phenoxy) is 2. The van der Waals surface area contributed by atoms with Crippen LogP contribution in [0.3, 0.4) is 0 Å². The molecule has 12 nitrogen and oxygen atoms in total. The summed E-state index contributed by atoms with van der Waals surface area (Å²) in [5.74, 6) is -2.18. The zero-order chi connectivity index (χ0) is 38.1. The van der Waals surface area contributed by atoms with Crippen LogP contribution in [-0.2, 0) is 23.5 Å². The number of thiazole rings is 1. The summed E-state index contributed by atoms with van der Waals surface area (Å²) in [4.78, 5) is 56.3. The third-order valence-electron chi connectivity index (χ3n) is 8.00. The van der Waals surface area contributed by atoms with Crippen molar-refractivity contribution in [2.45, 2.75) is 64.3 Å². The summed E-state index contributed by atoms with van der Waals surface area (Å²) >= 11 is 1.08. The number of rotatable bonds is 13. The summed E-state index contributed by atoms with van der Waals surface area (Å²) in [6.07, 6.45) is 0.782. The van der Waals surface area contributed by atoms with Crippen molar-refractivity contribution in [3.05, 3.63) is 96.0 Å². The summed E-state index contributed by atoms with van der Waals surface area (Å²) in [7, 11) is -1.87. The average molecular weight is 747 g/mol. The molecule has 0 bridgehead atoms. The topological polar surface area (TPSA) is 165 Å². The molecule has 0 fully saturated rings. The van der Waals surface area contributed by atoms with Crippen LogP contribution in [0, 0.1) is 0 Å². The number of amides is 3. The molecule has 0 saturated carbocycles. The normalized spacial score (nSPS) is 13.0. The molecular formula is C38H46N4O8SSi. The maximum atomic E-state index is 13.5. The number of aromatic nitrogens is 1. The van der Waals surface area contributed by atoms with Crippen molar-refractivity contribution in [1.29, 1.82) is 0 Å². The van der Waals surface area contributed by atoms with Gasteiger partial charge in [-0.1, -0.05) is 81.4 Å². The van der Waals surface area contributed by atoms with Crippen molar-refractivity contribution >= 4 is 59.6 Å². The minimum Gasteiger partial charge on any atom is -0.467 e. The fourth-order valence-electron chi connectivity index (χ4n) is 5.61. The van der Waals surface area contributed by atoms with Crippen molar-refractivity contribution in [3.8, 4) is 10.6 Å². The third-order valence-corrected chi connectivity index (χ3v) is 14.0. The van der Waals surface area contributed by atoms with E-state index in [1.54, 1.807) is 45.0 Å². The van der Waals surface area contributed by atoms with Crippen LogP contribution in [0.5, 0.6) is 0 Å². The Balaban J connectivity index is 1.47. The molecule has 0 aliphatic heterocycles. The standard InChI is InChI=1S/C38H46N4O8SSi/c1-37(2,3)50-36(47)40-26-20-18-25(19-21-26)34-39-22-31(51-34)33(45)41-29(23-43)32(44)42-30(35(46)48-7)24-49-52(38(4,5)6,27-14-10-8-11-15-27)28-16-12-9-13-17-28/h8-22,29-30,43H,23-24H2,1-7H3,(H,40,47)(H,41,45)(H,42,44). The Morgan fingerprint density at radius 2 is 1.40 bits per heavy atom. The molecule has 2 unspecified atom stereocenters. The third kappa shape index (κ3) is 9.91. The van der Waals surface area contributed by atoms with Gasteiger partial charge in [-0.3, -0.25) is 14.9 Å². The average Bonchev–Trinajstić information content (AvgIpc) is 3.60. The highest BCUT2D eigenvalue weighted by Gasteiger charge is 2.50. The number of aliphatic hydroxyl groups is 1. The first-order valence-electron chi connectivity index (χ1n) is 16.7. The zero-order valence-electron chi connectivity index (χ0n) is 30.4. The number of esters is 1. The van der Waals surface area contributed by atoms with Crippen molar-refractivity contribution in [2.75, 3.05) is 25.6 Å². The van der Waals surface area contributed by atoms with Crippen LogP contribution in [0.1, 0.15) is 51.2 Å².